The second kappa shape index (κ2) is 17.0. The minimum atomic E-state index is 0.731. The fourth-order valence-electron chi connectivity index (χ4n) is 9.64. The van der Waals surface area contributed by atoms with Crippen molar-refractivity contribution in [2.75, 3.05) is 4.90 Å². The minimum Gasteiger partial charge on any atom is -0.310 e. The van der Waals surface area contributed by atoms with Crippen LogP contribution in [0.3, 0.4) is 0 Å². The van der Waals surface area contributed by atoms with Crippen LogP contribution in [0.1, 0.15) is 22.3 Å². The van der Waals surface area contributed by atoms with E-state index in [0.717, 1.165) is 56.7 Å². The van der Waals surface area contributed by atoms with E-state index in [1.54, 1.807) is 0 Å². The Balaban J connectivity index is 0.898. The van der Waals surface area contributed by atoms with Crippen LogP contribution in [0.2, 0.25) is 0 Å². The van der Waals surface area contributed by atoms with Gasteiger partial charge in [-0.2, -0.15) is 0 Å². The number of hydrogen-bond donors (Lipinski definition) is 0. The molecule has 0 fully saturated rings. The largest absolute Gasteiger partial charge is 0.310 e. The molecule has 0 saturated carbocycles. The zero-order valence-corrected chi connectivity index (χ0v) is 37.6. The Bertz CT molecular complexity index is 3430. The molecule has 11 aromatic rings. The monoisotopic (exact) mass is 848 g/mol. The number of para-hydroxylation sites is 3. The van der Waals surface area contributed by atoms with Gasteiger partial charge in [0.05, 0.1) is 22.4 Å². The summed E-state index contributed by atoms with van der Waals surface area (Å²) in [4.78, 5) is 12.6. The number of rotatable bonds is 9. The number of hydrogen-bond acceptors (Lipinski definition) is 3. The first kappa shape index (κ1) is 40.4. The second-order valence-corrected chi connectivity index (χ2v) is 17.4. The van der Waals surface area contributed by atoms with Gasteiger partial charge in [-0.05, 0) is 152 Å². The van der Waals surface area contributed by atoms with Gasteiger partial charge in [-0.15, -0.1) is 0 Å². The van der Waals surface area contributed by atoms with Crippen LogP contribution in [-0.2, 0) is 0 Å². The van der Waals surface area contributed by atoms with Gasteiger partial charge in [-0.25, -0.2) is 9.97 Å². The lowest BCUT2D eigenvalue weighted by Crippen LogP contribution is -2.09. The molecule has 0 aliphatic heterocycles. The van der Waals surface area contributed by atoms with E-state index in [0.29, 0.717) is 0 Å². The Hall–Kier alpha value is -8.34. The molecule has 9 aromatic carbocycles. The van der Waals surface area contributed by atoms with E-state index in [9.17, 15) is 0 Å². The van der Waals surface area contributed by atoms with Gasteiger partial charge in [-0.3, -0.25) is 0 Å². The predicted molar refractivity (Wildman–Crippen MR) is 277 cm³/mol. The number of benzene rings is 9. The van der Waals surface area contributed by atoms with Crippen molar-refractivity contribution >= 4 is 38.9 Å². The van der Waals surface area contributed by atoms with Crippen LogP contribution in [-0.4, -0.2) is 14.5 Å². The first-order valence-electron chi connectivity index (χ1n) is 22.6. The van der Waals surface area contributed by atoms with Gasteiger partial charge >= 0.3 is 0 Å². The summed E-state index contributed by atoms with van der Waals surface area (Å²) in [6, 6.07) is 78.4. The number of fused-ring (bicyclic) bond motifs is 3. The highest BCUT2D eigenvalue weighted by Crippen LogP contribution is 2.40. The summed E-state index contributed by atoms with van der Waals surface area (Å²) >= 11 is 0. The van der Waals surface area contributed by atoms with Crippen molar-refractivity contribution in [3.05, 3.63) is 241 Å². The Kier molecular flexibility index (Phi) is 10.4. The fraction of sp³-hybridized carbons (Fsp3) is 0.0645. The summed E-state index contributed by atoms with van der Waals surface area (Å²) in [5.41, 5.74) is 21.5. The van der Waals surface area contributed by atoms with Crippen molar-refractivity contribution in [1.82, 2.24) is 14.5 Å². The number of nitrogens with zero attached hydrogens (tertiary/aromatic N) is 4. The standard InChI is InChI=1S/C62H48N4/c1-41-15-13-17-48(35-41)57-40-58(64-62(63-57)49-18-14-16-42(2)36-49)50-37-43(3)61(44(4)38-50)47-27-25-45(26-28-47)46-29-31-53(32-30-46)66-59-24-12-11-23-55(59)56-39-54(33-34-60(56)66)65(51-19-7-5-8-20-51)52-21-9-6-10-22-52/h5-40H,1-4H3. The van der Waals surface area contributed by atoms with E-state index >= 15 is 0 Å². The molecule has 0 aliphatic carbocycles. The normalized spacial score (nSPS) is 11.3. The van der Waals surface area contributed by atoms with E-state index in [-0.39, 0.29) is 0 Å². The second-order valence-electron chi connectivity index (χ2n) is 17.4. The molecular weight excluding hydrogens is 801 g/mol. The van der Waals surface area contributed by atoms with Crippen LogP contribution in [0.15, 0.2) is 218 Å². The van der Waals surface area contributed by atoms with Crippen molar-refractivity contribution in [3.63, 3.8) is 0 Å². The Morgan fingerprint density at radius 1 is 0.348 bits per heavy atom. The SMILES string of the molecule is Cc1cccc(-c2cc(-c3cc(C)c(-c4ccc(-c5ccc(-n6c7ccccc7c7cc(N(c8ccccc8)c8ccccc8)ccc76)cc5)cc4)c(C)c3)nc(-c3cccc(C)c3)n2)c1. The topological polar surface area (TPSA) is 34.0 Å². The average Bonchev–Trinajstić information content (AvgIpc) is 3.68. The van der Waals surface area contributed by atoms with Crippen LogP contribution in [0.5, 0.6) is 0 Å². The highest BCUT2D eigenvalue weighted by atomic mass is 15.1. The maximum Gasteiger partial charge on any atom is 0.160 e. The lowest BCUT2D eigenvalue weighted by Gasteiger charge is -2.25. The molecule has 0 aliphatic rings. The molecule has 316 valence electrons. The van der Waals surface area contributed by atoms with Gasteiger partial charge < -0.3 is 9.47 Å². The Labute approximate surface area is 386 Å². The van der Waals surface area contributed by atoms with E-state index in [4.69, 9.17) is 9.97 Å². The molecule has 0 N–H and O–H groups in total. The molecule has 0 radical (unpaired) electrons. The van der Waals surface area contributed by atoms with Crippen LogP contribution in [0.4, 0.5) is 17.1 Å². The van der Waals surface area contributed by atoms with E-state index in [1.807, 2.05) is 0 Å². The van der Waals surface area contributed by atoms with Gasteiger partial charge in [0.25, 0.3) is 0 Å². The third-order valence-electron chi connectivity index (χ3n) is 12.7. The van der Waals surface area contributed by atoms with Crippen molar-refractivity contribution in [2.24, 2.45) is 0 Å². The molecule has 0 spiro atoms. The van der Waals surface area contributed by atoms with Crippen LogP contribution < -0.4 is 4.90 Å². The molecule has 2 heterocycles. The smallest absolute Gasteiger partial charge is 0.160 e. The van der Waals surface area contributed by atoms with E-state index < -0.39 is 0 Å². The number of aryl methyl sites for hydroxylation is 4. The fourth-order valence-corrected chi connectivity index (χ4v) is 9.64. The Morgan fingerprint density at radius 2 is 0.879 bits per heavy atom. The zero-order valence-electron chi connectivity index (χ0n) is 37.6. The lowest BCUT2D eigenvalue weighted by molar-refractivity contribution is 1.18. The molecule has 0 amide bonds. The predicted octanol–water partition coefficient (Wildman–Crippen LogP) is 16.6. The molecule has 2 aromatic heterocycles. The van der Waals surface area contributed by atoms with Crippen molar-refractivity contribution in [3.8, 4) is 61.8 Å². The summed E-state index contributed by atoms with van der Waals surface area (Å²) in [7, 11) is 0. The van der Waals surface area contributed by atoms with Crippen LogP contribution in [0.25, 0.3) is 83.6 Å². The molecule has 4 heteroatoms. The van der Waals surface area contributed by atoms with E-state index in [1.165, 1.54) is 66.3 Å². The molecule has 11 rings (SSSR count). The maximum atomic E-state index is 5.16. The van der Waals surface area contributed by atoms with Gasteiger partial charge in [-0.1, -0.05) is 139 Å². The highest BCUT2D eigenvalue weighted by molar-refractivity contribution is 6.10. The molecule has 4 nitrogen and oxygen atoms in total. The van der Waals surface area contributed by atoms with Gasteiger partial charge in [0, 0.05) is 50.2 Å². The maximum absolute atomic E-state index is 5.16. The molecule has 0 unspecified atom stereocenters. The zero-order chi connectivity index (χ0) is 44.7. The quantitative estimate of drug-likeness (QED) is 0.145. The molecular formula is C62H48N4. The summed E-state index contributed by atoms with van der Waals surface area (Å²) in [6.45, 7) is 8.65. The average molecular weight is 849 g/mol. The van der Waals surface area contributed by atoms with Crippen LogP contribution in [0, 0.1) is 27.7 Å². The lowest BCUT2D eigenvalue weighted by atomic mass is 9.91. The van der Waals surface area contributed by atoms with Crippen LogP contribution >= 0.6 is 0 Å². The van der Waals surface area contributed by atoms with Crippen molar-refractivity contribution < 1.29 is 0 Å². The minimum absolute atomic E-state index is 0.731. The number of anilines is 3. The van der Waals surface area contributed by atoms with Gasteiger partial charge in [0.15, 0.2) is 5.82 Å². The molecule has 0 atom stereocenters. The summed E-state index contributed by atoms with van der Waals surface area (Å²) < 4.78 is 2.39. The highest BCUT2D eigenvalue weighted by Gasteiger charge is 2.18. The molecule has 0 saturated heterocycles. The molecule has 0 bridgehead atoms. The first-order valence-corrected chi connectivity index (χ1v) is 22.6. The van der Waals surface area contributed by atoms with E-state index in [2.05, 4.69) is 256 Å². The number of aromatic nitrogens is 3. The first-order chi connectivity index (χ1) is 32.3. The summed E-state index contributed by atoms with van der Waals surface area (Å²) in [6.07, 6.45) is 0. The Morgan fingerprint density at radius 3 is 1.52 bits per heavy atom. The van der Waals surface area contributed by atoms with Crippen molar-refractivity contribution in [2.45, 2.75) is 27.7 Å². The van der Waals surface area contributed by atoms with Gasteiger partial charge in [0.2, 0.25) is 0 Å². The summed E-state index contributed by atoms with van der Waals surface area (Å²) in [5, 5.41) is 2.44. The third-order valence-corrected chi connectivity index (χ3v) is 12.7. The molecule has 66 heavy (non-hydrogen) atoms. The van der Waals surface area contributed by atoms with Gasteiger partial charge in [0.1, 0.15) is 0 Å². The van der Waals surface area contributed by atoms with Crippen molar-refractivity contribution in [1.29, 1.82) is 0 Å². The summed E-state index contributed by atoms with van der Waals surface area (Å²) in [5.74, 6) is 0.731. The third kappa shape index (κ3) is 7.63.